The molecule has 0 saturated carbocycles. The number of thiazole rings is 1. The highest BCUT2D eigenvalue weighted by Gasteiger charge is 2.19. The lowest BCUT2D eigenvalue weighted by molar-refractivity contribution is -0.117. The number of anilines is 1. The van der Waals surface area contributed by atoms with Gasteiger partial charge in [-0.2, -0.15) is 0 Å². The zero-order chi connectivity index (χ0) is 16.2. The lowest BCUT2D eigenvalue weighted by Gasteiger charge is -2.33. The van der Waals surface area contributed by atoms with E-state index in [0.29, 0.717) is 18.2 Å². The van der Waals surface area contributed by atoms with Crippen molar-refractivity contribution in [2.45, 2.75) is 6.92 Å². The first-order valence-corrected chi connectivity index (χ1v) is 8.68. The summed E-state index contributed by atoms with van der Waals surface area (Å²) in [4.78, 5) is 21.0. The molecule has 0 spiro atoms. The Labute approximate surface area is 139 Å². The molecule has 0 unspecified atom stereocenters. The summed E-state index contributed by atoms with van der Waals surface area (Å²) < 4.78 is 1.10. The van der Waals surface area contributed by atoms with E-state index in [1.807, 2.05) is 19.1 Å². The number of carbonyl (C=O) groups excluding carboxylic acids is 1. The lowest BCUT2D eigenvalue weighted by Crippen LogP contribution is -2.49. The molecule has 1 aromatic carbocycles. The number of aliphatic hydroxyl groups excluding tert-OH is 1. The lowest BCUT2D eigenvalue weighted by atomic mass is 10.2. The Morgan fingerprint density at radius 2 is 2.04 bits per heavy atom. The van der Waals surface area contributed by atoms with Crippen LogP contribution in [0.5, 0.6) is 0 Å². The molecule has 3 rings (SSSR count). The van der Waals surface area contributed by atoms with Gasteiger partial charge in [-0.1, -0.05) is 17.4 Å². The number of hydrogen-bond donors (Lipinski definition) is 2. The van der Waals surface area contributed by atoms with E-state index < -0.39 is 0 Å². The van der Waals surface area contributed by atoms with Crippen molar-refractivity contribution < 1.29 is 9.90 Å². The van der Waals surface area contributed by atoms with Gasteiger partial charge in [0.05, 0.1) is 23.4 Å². The van der Waals surface area contributed by atoms with Gasteiger partial charge in [-0.05, 0) is 24.6 Å². The van der Waals surface area contributed by atoms with E-state index in [1.165, 1.54) is 16.9 Å². The molecule has 1 aliphatic rings. The van der Waals surface area contributed by atoms with Gasteiger partial charge in [-0.3, -0.25) is 14.6 Å². The minimum atomic E-state index is -0.0172. The van der Waals surface area contributed by atoms with Gasteiger partial charge in [0.2, 0.25) is 5.91 Å². The van der Waals surface area contributed by atoms with Crippen LogP contribution in [-0.4, -0.2) is 71.7 Å². The fourth-order valence-corrected chi connectivity index (χ4v) is 3.74. The van der Waals surface area contributed by atoms with Crippen LogP contribution in [0.1, 0.15) is 5.56 Å². The van der Waals surface area contributed by atoms with Crippen molar-refractivity contribution in [3.63, 3.8) is 0 Å². The van der Waals surface area contributed by atoms with E-state index in [1.54, 1.807) is 0 Å². The second-order valence-corrected chi connectivity index (χ2v) is 6.91. The number of fused-ring (bicyclic) bond motifs is 1. The molecule has 1 amide bonds. The zero-order valence-corrected chi connectivity index (χ0v) is 14.1. The Morgan fingerprint density at radius 3 is 2.78 bits per heavy atom. The highest BCUT2D eigenvalue weighted by molar-refractivity contribution is 7.22. The highest BCUT2D eigenvalue weighted by atomic mass is 32.1. The summed E-state index contributed by atoms with van der Waals surface area (Å²) in [6, 6.07) is 6.10. The standard InChI is InChI=1S/C16H22N4O2S/c1-12-2-3-13-14(10-12)23-16(17-13)18-15(22)11-20-6-4-19(5-7-20)8-9-21/h2-3,10,21H,4-9,11H2,1H3,(H,17,18,22). The van der Waals surface area contributed by atoms with Gasteiger partial charge in [0, 0.05) is 32.7 Å². The van der Waals surface area contributed by atoms with Crippen molar-refractivity contribution in [3.05, 3.63) is 23.8 Å². The van der Waals surface area contributed by atoms with E-state index in [-0.39, 0.29) is 12.5 Å². The van der Waals surface area contributed by atoms with Crippen LogP contribution in [0, 0.1) is 6.92 Å². The Hall–Kier alpha value is -1.54. The maximum absolute atomic E-state index is 12.2. The monoisotopic (exact) mass is 334 g/mol. The molecule has 2 aromatic rings. The third-order valence-electron chi connectivity index (χ3n) is 4.04. The largest absolute Gasteiger partial charge is 0.395 e. The molecule has 1 saturated heterocycles. The molecule has 0 bridgehead atoms. The number of carbonyl (C=O) groups is 1. The van der Waals surface area contributed by atoms with Crippen LogP contribution in [0.25, 0.3) is 10.2 Å². The average Bonchev–Trinajstić information content (AvgIpc) is 2.90. The van der Waals surface area contributed by atoms with Crippen molar-refractivity contribution in [2.24, 2.45) is 0 Å². The zero-order valence-electron chi connectivity index (χ0n) is 13.3. The summed E-state index contributed by atoms with van der Waals surface area (Å²) in [5.74, 6) is -0.0172. The van der Waals surface area contributed by atoms with Gasteiger partial charge in [-0.15, -0.1) is 0 Å². The minimum absolute atomic E-state index is 0.0172. The number of β-amino-alcohol motifs (C(OH)–C–C–N with tert-alkyl or cyclic N) is 1. The van der Waals surface area contributed by atoms with Gasteiger partial charge in [0.25, 0.3) is 0 Å². The van der Waals surface area contributed by atoms with Crippen LogP contribution in [0.15, 0.2) is 18.2 Å². The molecule has 2 N–H and O–H groups in total. The maximum atomic E-state index is 12.2. The highest BCUT2D eigenvalue weighted by Crippen LogP contribution is 2.26. The van der Waals surface area contributed by atoms with Crippen LogP contribution >= 0.6 is 11.3 Å². The molecule has 1 aromatic heterocycles. The molecule has 6 nitrogen and oxygen atoms in total. The van der Waals surface area contributed by atoms with E-state index in [4.69, 9.17) is 5.11 Å². The number of benzene rings is 1. The summed E-state index contributed by atoms with van der Waals surface area (Å²) in [6.07, 6.45) is 0. The number of amides is 1. The molecule has 124 valence electrons. The van der Waals surface area contributed by atoms with E-state index in [0.717, 1.165) is 36.4 Å². The van der Waals surface area contributed by atoms with E-state index >= 15 is 0 Å². The molecule has 23 heavy (non-hydrogen) atoms. The van der Waals surface area contributed by atoms with Gasteiger partial charge >= 0.3 is 0 Å². The molecule has 7 heteroatoms. The third-order valence-corrected chi connectivity index (χ3v) is 4.97. The predicted molar refractivity (Wildman–Crippen MR) is 93.0 cm³/mol. The summed E-state index contributed by atoms with van der Waals surface area (Å²) in [6.45, 7) is 6.85. The van der Waals surface area contributed by atoms with E-state index in [2.05, 4.69) is 26.2 Å². The van der Waals surface area contributed by atoms with Crippen molar-refractivity contribution in [3.8, 4) is 0 Å². The van der Waals surface area contributed by atoms with Crippen LogP contribution < -0.4 is 5.32 Å². The number of hydrogen-bond acceptors (Lipinski definition) is 6. The number of nitrogens with zero attached hydrogens (tertiary/aromatic N) is 3. The normalized spacial score (nSPS) is 16.8. The van der Waals surface area contributed by atoms with E-state index in [9.17, 15) is 4.79 Å². The van der Waals surface area contributed by atoms with Crippen LogP contribution in [-0.2, 0) is 4.79 Å². The molecular formula is C16H22N4O2S. The Bertz CT molecular complexity index is 680. The minimum Gasteiger partial charge on any atom is -0.395 e. The molecular weight excluding hydrogens is 312 g/mol. The second kappa shape index (κ2) is 7.35. The number of rotatable bonds is 5. The summed E-state index contributed by atoms with van der Waals surface area (Å²) in [5, 5.41) is 12.5. The summed E-state index contributed by atoms with van der Waals surface area (Å²) >= 11 is 1.51. The first kappa shape index (κ1) is 16.3. The maximum Gasteiger partial charge on any atom is 0.240 e. The number of nitrogens with one attached hydrogen (secondary N) is 1. The van der Waals surface area contributed by atoms with Crippen molar-refractivity contribution in [1.29, 1.82) is 0 Å². The Morgan fingerprint density at radius 1 is 1.30 bits per heavy atom. The third kappa shape index (κ3) is 4.26. The van der Waals surface area contributed by atoms with Crippen molar-refractivity contribution in [2.75, 3.05) is 51.2 Å². The molecule has 1 fully saturated rings. The number of aromatic nitrogens is 1. The number of piperazine rings is 1. The van der Waals surface area contributed by atoms with Crippen molar-refractivity contribution in [1.82, 2.24) is 14.8 Å². The Kier molecular flexibility index (Phi) is 5.22. The predicted octanol–water partition coefficient (Wildman–Crippen LogP) is 1.15. The first-order chi connectivity index (χ1) is 11.1. The SMILES string of the molecule is Cc1ccc2nc(NC(=O)CN3CCN(CCO)CC3)sc2c1. The fraction of sp³-hybridized carbons (Fsp3) is 0.500. The molecule has 2 heterocycles. The van der Waals surface area contributed by atoms with Gasteiger partial charge < -0.3 is 10.4 Å². The average molecular weight is 334 g/mol. The number of aliphatic hydroxyl groups is 1. The fourth-order valence-electron chi connectivity index (χ4n) is 2.76. The molecule has 0 atom stereocenters. The second-order valence-electron chi connectivity index (χ2n) is 5.88. The summed E-state index contributed by atoms with van der Waals surface area (Å²) in [7, 11) is 0. The van der Waals surface area contributed by atoms with Crippen LogP contribution in [0.2, 0.25) is 0 Å². The summed E-state index contributed by atoms with van der Waals surface area (Å²) in [5.41, 5.74) is 2.12. The number of aryl methyl sites for hydroxylation is 1. The smallest absolute Gasteiger partial charge is 0.240 e. The van der Waals surface area contributed by atoms with Crippen LogP contribution in [0.4, 0.5) is 5.13 Å². The Balaban J connectivity index is 1.52. The van der Waals surface area contributed by atoms with Gasteiger partial charge in [0.1, 0.15) is 0 Å². The van der Waals surface area contributed by atoms with Crippen LogP contribution in [0.3, 0.4) is 0 Å². The molecule has 1 aliphatic heterocycles. The molecule has 0 aliphatic carbocycles. The van der Waals surface area contributed by atoms with Crippen molar-refractivity contribution >= 4 is 32.6 Å². The molecule has 0 radical (unpaired) electrons. The quantitative estimate of drug-likeness (QED) is 0.859. The topological polar surface area (TPSA) is 68.7 Å². The van der Waals surface area contributed by atoms with Gasteiger partial charge in [0.15, 0.2) is 5.13 Å². The van der Waals surface area contributed by atoms with Gasteiger partial charge in [-0.25, -0.2) is 4.98 Å². The first-order valence-electron chi connectivity index (χ1n) is 7.86.